The van der Waals surface area contributed by atoms with E-state index in [4.69, 9.17) is 19.9 Å². The molecular formula is C14H17N5O5. The molecule has 128 valence electrons. The summed E-state index contributed by atoms with van der Waals surface area (Å²) in [6.45, 7) is 5.18. The van der Waals surface area contributed by atoms with Crippen LogP contribution in [0.3, 0.4) is 0 Å². The van der Waals surface area contributed by atoms with Crippen LogP contribution in [0.15, 0.2) is 6.33 Å². The van der Waals surface area contributed by atoms with E-state index in [9.17, 15) is 9.90 Å². The maximum Gasteiger partial charge on any atom is 0.335 e. The molecule has 2 aliphatic rings. The van der Waals surface area contributed by atoms with Gasteiger partial charge < -0.3 is 25.1 Å². The number of nitrogens with two attached hydrogens (primary N) is 1. The van der Waals surface area contributed by atoms with E-state index < -0.39 is 36.3 Å². The van der Waals surface area contributed by atoms with Gasteiger partial charge in [0.1, 0.15) is 23.5 Å². The van der Waals surface area contributed by atoms with Gasteiger partial charge in [0, 0.05) is 0 Å². The Bertz CT molecular complexity index is 834. The van der Waals surface area contributed by atoms with Crippen molar-refractivity contribution in [3.8, 4) is 0 Å². The van der Waals surface area contributed by atoms with E-state index in [2.05, 4.69) is 15.0 Å². The Hall–Kier alpha value is -2.30. The number of hydrogen-bond acceptors (Lipinski definition) is 8. The number of hydrogen-bond donors (Lipinski definition) is 2. The van der Waals surface area contributed by atoms with Gasteiger partial charge >= 0.3 is 5.97 Å². The lowest BCUT2D eigenvalue weighted by molar-refractivity contribution is -0.202. The molecule has 2 aromatic rings. The average Bonchev–Trinajstić information content (AvgIpc) is 3.09. The Kier molecular flexibility index (Phi) is 3.08. The highest BCUT2D eigenvalue weighted by atomic mass is 16.8. The number of carboxylic acid groups (broad SMARTS) is 1. The molecule has 4 heterocycles. The summed E-state index contributed by atoms with van der Waals surface area (Å²) in [5.74, 6) is -1.27. The zero-order chi connectivity index (χ0) is 17.2. The van der Waals surface area contributed by atoms with E-state index in [1.807, 2.05) is 0 Å². The largest absolute Gasteiger partial charge is 0.479 e. The fourth-order valence-corrected chi connectivity index (χ4v) is 3.24. The van der Waals surface area contributed by atoms with Crippen molar-refractivity contribution in [3.05, 3.63) is 12.2 Å². The number of aryl methyl sites for hydroxylation is 1. The topological polar surface area (TPSA) is 135 Å². The lowest BCUT2D eigenvalue weighted by Gasteiger charge is -2.23. The molecule has 2 fully saturated rings. The summed E-state index contributed by atoms with van der Waals surface area (Å²) in [6.07, 6.45) is -1.71. The van der Waals surface area contributed by atoms with E-state index in [1.165, 1.54) is 6.33 Å². The highest BCUT2D eigenvalue weighted by Gasteiger charge is 2.58. The first-order valence-corrected chi connectivity index (χ1v) is 7.47. The number of ether oxygens (including phenoxy) is 3. The van der Waals surface area contributed by atoms with Crippen LogP contribution in [0.25, 0.3) is 11.2 Å². The number of aliphatic carboxylic acids is 1. The third kappa shape index (κ3) is 2.14. The first-order valence-electron chi connectivity index (χ1n) is 7.47. The van der Waals surface area contributed by atoms with Gasteiger partial charge in [0.05, 0.1) is 6.33 Å². The number of aromatic nitrogens is 4. The van der Waals surface area contributed by atoms with Crippen LogP contribution in [-0.4, -0.2) is 54.7 Å². The Morgan fingerprint density at radius 3 is 2.75 bits per heavy atom. The van der Waals surface area contributed by atoms with Crippen molar-refractivity contribution in [1.29, 1.82) is 0 Å². The van der Waals surface area contributed by atoms with E-state index in [1.54, 1.807) is 25.3 Å². The van der Waals surface area contributed by atoms with Crippen LogP contribution in [0, 0.1) is 6.92 Å². The van der Waals surface area contributed by atoms with Gasteiger partial charge in [0.25, 0.3) is 0 Å². The second-order valence-corrected chi connectivity index (χ2v) is 6.33. The maximum atomic E-state index is 11.5. The molecule has 3 N–H and O–H groups in total. The number of fused-ring (bicyclic) bond motifs is 2. The summed E-state index contributed by atoms with van der Waals surface area (Å²) in [7, 11) is 0. The van der Waals surface area contributed by atoms with Gasteiger partial charge in [-0.15, -0.1) is 0 Å². The highest BCUT2D eigenvalue weighted by molar-refractivity contribution is 5.81. The Labute approximate surface area is 136 Å². The van der Waals surface area contributed by atoms with Gasteiger partial charge in [0.2, 0.25) is 0 Å². The summed E-state index contributed by atoms with van der Waals surface area (Å²) in [5.41, 5.74) is 6.77. The van der Waals surface area contributed by atoms with Crippen LogP contribution in [0.1, 0.15) is 25.9 Å². The molecule has 2 saturated heterocycles. The standard InChI is InChI=1S/C14H17N5O5/c1-5-17-10(15)6-11(18-5)19(4-16-6)12-8-7(9(22-12)13(20)21)23-14(2,3)24-8/h4,7-9,12H,1-3H3,(H,20,21)(H2,15,17,18)/t7-,8?,9+,12-/m1/s1. The van der Waals surface area contributed by atoms with Gasteiger partial charge in [-0.25, -0.2) is 19.7 Å². The predicted octanol–water partition coefficient (Wildman–Crippen LogP) is 0.219. The molecule has 0 spiro atoms. The number of carboxylic acids is 1. The highest BCUT2D eigenvalue weighted by Crippen LogP contribution is 2.43. The summed E-state index contributed by atoms with van der Waals surface area (Å²) in [4.78, 5) is 24.1. The Morgan fingerprint density at radius 1 is 1.33 bits per heavy atom. The van der Waals surface area contributed by atoms with Crippen molar-refractivity contribution in [2.45, 2.75) is 51.1 Å². The molecule has 0 amide bonds. The van der Waals surface area contributed by atoms with Crippen LogP contribution in [0.5, 0.6) is 0 Å². The second kappa shape index (κ2) is 4.85. The molecule has 4 atom stereocenters. The number of anilines is 1. The van der Waals surface area contributed by atoms with Crippen LogP contribution >= 0.6 is 0 Å². The summed E-state index contributed by atoms with van der Waals surface area (Å²) >= 11 is 0. The van der Waals surface area contributed by atoms with Crippen molar-refractivity contribution >= 4 is 23.0 Å². The van der Waals surface area contributed by atoms with Crippen molar-refractivity contribution in [2.24, 2.45) is 0 Å². The Balaban J connectivity index is 1.80. The minimum Gasteiger partial charge on any atom is -0.479 e. The van der Waals surface area contributed by atoms with Gasteiger partial charge in [-0.3, -0.25) is 4.57 Å². The lowest BCUT2D eigenvalue weighted by atomic mass is 10.1. The SMILES string of the molecule is Cc1nc(N)c2ncn([C@@H]3O[C@H](C(=O)O)[C@@H]4OC(C)(C)OC43)c2n1. The molecular weight excluding hydrogens is 318 g/mol. The van der Waals surface area contributed by atoms with Crippen LogP contribution in [0.4, 0.5) is 5.82 Å². The molecule has 2 aliphatic heterocycles. The molecule has 0 saturated carbocycles. The first-order chi connectivity index (χ1) is 11.3. The molecule has 0 aromatic carbocycles. The fraction of sp³-hybridized carbons (Fsp3) is 0.571. The summed E-state index contributed by atoms with van der Waals surface area (Å²) in [6, 6.07) is 0. The fourth-order valence-electron chi connectivity index (χ4n) is 3.24. The van der Waals surface area contributed by atoms with Crippen LogP contribution in [-0.2, 0) is 19.0 Å². The zero-order valence-corrected chi connectivity index (χ0v) is 13.3. The number of imidazole rings is 1. The molecule has 4 rings (SSSR count). The minimum absolute atomic E-state index is 0.254. The summed E-state index contributed by atoms with van der Waals surface area (Å²) in [5, 5.41) is 9.42. The minimum atomic E-state index is -1.14. The van der Waals surface area contributed by atoms with E-state index in [-0.39, 0.29) is 5.82 Å². The van der Waals surface area contributed by atoms with E-state index in [0.717, 1.165) is 0 Å². The zero-order valence-electron chi connectivity index (χ0n) is 13.3. The predicted molar refractivity (Wildman–Crippen MR) is 79.8 cm³/mol. The monoisotopic (exact) mass is 335 g/mol. The molecule has 0 radical (unpaired) electrons. The summed E-state index contributed by atoms with van der Waals surface area (Å²) < 4.78 is 18.9. The first kappa shape index (κ1) is 15.2. The average molecular weight is 335 g/mol. The van der Waals surface area contributed by atoms with Crippen LogP contribution in [0.2, 0.25) is 0 Å². The molecule has 24 heavy (non-hydrogen) atoms. The Morgan fingerprint density at radius 2 is 2.04 bits per heavy atom. The molecule has 0 bridgehead atoms. The number of rotatable bonds is 2. The molecule has 0 aliphatic carbocycles. The van der Waals surface area contributed by atoms with Crippen molar-refractivity contribution in [3.63, 3.8) is 0 Å². The van der Waals surface area contributed by atoms with Crippen LogP contribution < -0.4 is 5.73 Å². The number of carbonyl (C=O) groups is 1. The number of nitrogen functional groups attached to an aromatic ring is 1. The number of nitrogens with zero attached hydrogens (tertiary/aromatic N) is 4. The third-order valence-electron chi connectivity index (χ3n) is 4.11. The quantitative estimate of drug-likeness (QED) is 0.790. The lowest BCUT2D eigenvalue weighted by Crippen LogP contribution is -2.35. The molecule has 10 nitrogen and oxygen atoms in total. The van der Waals surface area contributed by atoms with Crippen molar-refractivity contribution in [1.82, 2.24) is 19.5 Å². The van der Waals surface area contributed by atoms with Gasteiger partial charge in [-0.05, 0) is 20.8 Å². The third-order valence-corrected chi connectivity index (χ3v) is 4.11. The van der Waals surface area contributed by atoms with Gasteiger partial charge in [0.15, 0.2) is 29.6 Å². The maximum absolute atomic E-state index is 11.5. The van der Waals surface area contributed by atoms with Gasteiger partial charge in [-0.1, -0.05) is 0 Å². The molecule has 1 unspecified atom stereocenters. The van der Waals surface area contributed by atoms with E-state index >= 15 is 0 Å². The molecule has 10 heteroatoms. The van der Waals surface area contributed by atoms with Gasteiger partial charge in [-0.2, -0.15) is 0 Å². The van der Waals surface area contributed by atoms with Crippen molar-refractivity contribution in [2.75, 3.05) is 5.73 Å². The van der Waals surface area contributed by atoms with Crippen molar-refractivity contribution < 1.29 is 24.1 Å². The van der Waals surface area contributed by atoms with E-state index in [0.29, 0.717) is 17.0 Å². The normalized spacial score (nSPS) is 31.5. The second-order valence-electron chi connectivity index (χ2n) is 6.33. The molecule has 2 aromatic heterocycles. The smallest absolute Gasteiger partial charge is 0.335 e.